The van der Waals surface area contributed by atoms with E-state index in [0.717, 1.165) is 24.3 Å². The lowest BCUT2D eigenvalue weighted by atomic mass is 10.2. The third-order valence-corrected chi connectivity index (χ3v) is 2.93. The molecule has 0 aliphatic heterocycles. The van der Waals surface area contributed by atoms with Crippen LogP contribution < -0.4 is 5.32 Å². The molecule has 0 unspecified atom stereocenters. The van der Waals surface area contributed by atoms with Gasteiger partial charge in [-0.3, -0.25) is 9.36 Å². The van der Waals surface area contributed by atoms with Crippen LogP contribution in [0, 0.1) is 6.92 Å². The van der Waals surface area contributed by atoms with Gasteiger partial charge in [-0.1, -0.05) is 6.92 Å². The molecule has 0 amide bonds. The lowest BCUT2D eigenvalue weighted by Gasteiger charge is -2.01. The Bertz CT molecular complexity index is 517. The van der Waals surface area contributed by atoms with Crippen molar-refractivity contribution in [3.63, 3.8) is 0 Å². The average molecular weight is 265 g/mol. The van der Waals surface area contributed by atoms with Crippen molar-refractivity contribution in [1.82, 2.24) is 19.6 Å². The van der Waals surface area contributed by atoms with Gasteiger partial charge in [0.25, 0.3) is 0 Å². The van der Waals surface area contributed by atoms with Gasteiger partial charge in [-0.05, 0) is 13.3 Å². The Balaban J connectivity index is 1.93. The average Bonchev–Trinajstić information content (AvgIpc) is 2.95. The molecule has 6 heteroatoms. The van der Waals surface area contributed by atoms with Crippen LogP contribution in [0.3, 0.4) is 0 Å². The highest BCUT2D eigenvalue weighted by molar-refractivity contribution is 5.39. The maximum Gasteiger partial charge on any atom is 0.109 e. The first-order valence-electron chi connectivity index (χ1n) is 6.58. The Morgan fingerprint density at radius 1 is 1.26 bits per heavy atom. The number of nitrogens with one attached hydrogen (secondary N) is 1. The highest BCUT2D eigenvalue weighted by Crippen LogP contribution is 2.11. The Morgan fingerprint density at radius 3 is 2.84 bits per heavy atom. The van der Waals surface area contributed by atoms with Crippen LogP contribution in [0.15, 0.2) is 18.6 Å². The molecule has 0 aliphatic rings. The molecular weight excluding hydrogens is 245 g/mol. The van der Waals surface area contributed by atoms with E-state index >= 15 is 0 Å². The number of hydrogen-bond donors (Lipinski definition) is 1. The first-order chi connectivity index (χ1) is 9.22. The topological polar surface area (TPSA) is 47.7 Å². The second-order valence-electron chi connectivity index (χ2n) is 4.54. The highest BCUT2D eigenvalue weighted by atomic mass is 19.1. The summed E-state index contributed by atoms with van der Waals surface area (Å²) in [4.78, 5) is 0. The number of hydrogen-bond acceptors (Lipinski definition) is 3. The molecule has 5 nitrogen and oxygen atoms in total. The standard InChI is InChI=1S/C13H20FN5/c1-3-5-19-9-12(11(2)17-19)7-15-13-8-16-18(10-13)6-4-14/h8-10,15H,3-7H2,1-2H3. The molecule has 0 fully saturated rings. The second kappa shape index (κ2) is 6.36. The van der Waals surface area contributed by atoms with Crippen molar-refractivity contribution in [3.05, 3.63) is 29.8 Å². The predicted octanol–water partition coefficient (Wildman–Crippen LogP) is 2.38. The molecule has 0 aliphatic carbocycles. The third-order valence-electron chi connectivity index (χ3n) is 2.93. The molecule has 1 N–H and O–H groups in total. The largest absolute Gasteiger partial charge is 0.378 e. The zero-order valence-electron chi connectivity index (χ0n) is 11.4. The van der Waals surface area contributed by atoms with Crippen molar-refractivity contribution >= 4 is 5.69 Å². The normalized spacial score (nSPS) is 10.9. The Kier molecular flexibility index (Phi) is 4.54. The van der Waals surface area contributed by atoms with Gasteiger partial charge < -0.3 is 5.32 Å². The second-order valence-corrected chi connectivity index (χ2v) is 4.54. The summed E-state index contributed by atoms with van der Waals surface area (Å²) >= 11 is 0. The summed E-state index contributed by atoms with van der Waals surface area (Å²) in [5.41, 5.74) is 3.11. The van der Waals surface area contributed by atoms with Crippen molar-refractivity contribution in [2.75, 3.05) is 12.0 Å². The molecule has 2 rings (SSSR count). The Hall–Kier alpha value is -1.85. The smallest absolute Gasteiger partial charge is 0.109 e. The molecule has 0 bridgehead atoms. The first-order valence-corrected chi connectivity index (χ1v) is 6.58. The van der Waals surface area contributed by atoms with Gasteiger partial charge in [0.1, 0.15) is 6.67 Å². The first kappa shape index (κ1) is 13.6. The van der Waals surface area contributed by atoms with E-state index in [9.17, 15) is 4.39 Å². The molecule has 19 heavy (non-hydrogen) atoms. The fourth-order valence-corrected chi connectivity index (χ4v) is 1.94. The molecule has 0 spiro atoms. The van der Waals surface area contributed by atoms with Crippen LogP contribution in [0.2, 0.25) is 0 Å². The Labute approximate surface area is 112 Å². The number of aryl methyl sites for hydroxylation is 3. The van der Waals surface area contributed by atoms with Gasteiger partial charge in [0.05, 0.1) is 24.1 Å². The van der Waals surface area contributed by atoms with E-state index in [1.54, 1.807) is 10.9 Å². The lowest BCUT2D eigenvalue weighted by molar-refractivity contribution is 0.427. The van der Waals surface area contributed by atoms with Gasteiger partial charge in [-0.15, -0.1) is 0 Å². The molecule has 0 saturated carbocycles. The summed E-state index contributed by atoms with van der Waals surface area (Å²) in [6, 6.07) is 0. The molecule has 0 aromatic carbocycles. The van der Waals surface area contributed by atoms with Gasteiger partial charge in [-0.2, -0.15) is 10.2 Å². The predicted molar refractivity (Wildman–Crippen MR) is 72.8 cm³/mol. The van der Waals surface area contributed by atoms with Crippen molar-refractivity contribution in [2.24, 2.45) is 0 Å². The molecule has 2 aromatic rings. The molecule has 104 valence electrons. The number of alkyl halides is 1. The quantitative estimate of drug-likeness (QED) is 0.836. The van der Waals surface area contributed by atoms with Crippen LogP contribution in [-0.2, 0) is 19.6 Å². The number of halogens is 1. The van der Waals surface area contributed by atoms with Gasteiger partial charge in [0.15, 0.2) is 0 Å². The van der Waals surface area contributed by atoms with Crippen molar-refractivity contribution in [3.8, 4) is 0 Å². The maximum atomic E-state index is 12.2. The van der Waals surface area contributed by atoms with E-state index in [2.05, 4.69) is 28.6 Å². The fraction of sp³-hybridized carbons (Fsp3) is 0.538. The van der Waals surface area contributed by atoms with Gasteiger partial charge in [0.2, 0.25) is 0 Å². The number of rotatable bonds is 7. The van der Waals surface area contributed by atoms with Crippen LogP contribution in [0.25, 0.3) is 0 Å². The van der Waals surface area contributed by atoms with E-state index in [-0.39, 0.29) is 0 Å². The van der Waals surface area contributed by atoms with Gasteiger partial charge in [-0.25, -0.2) is 4.39 Å². The summed E-state index contributed by atoms with van der Waals surface area (Å²) in [5.74, 6) is 0. The highest BCUT2D eigenvalue weighted by Gasteiger charge is 2.05. The van der Waals surface area contributed by atoms with Gasteiger partial charge >= 0.3 is 0 Å². The zero-order valence-corrected chi connectivity index (χ0v) is 11.4. The lowest BCUT2D eigenvalue weighted by Crippen LogP contribution is -2.00. The van der Waals surface area contributed by atoms with E-state index in [1.807, 2.05) is 17.8 Å². The van der Waals surface area contributed by atoms with Crippen molar-refractivity contribution in [2.45, 2.75) is 39.9 Å². The van der Waals surface area contributed by atoms with Crippen molar-refractivity contribution < 1.29 is 4.39 Å². The van der Waals surface area contributed by atoms with Crippen LogP contribution in [0.5, 0.6) is 0 Å². The van der Waals surface area contributed by atoms with Gasteiger partial charge in [0, 0.05) is 31.0 Å². The molecule has 0 atom stereocenters. The third kappa shape index (κ3) is 3.56. The summed E-state index contributed by atoms with van der Waals surface area (Å²) < 4.78 is 15.7. The number of aromatic nitrogens is 4. The minimum atomic E-state index is -0.399. The molecule has 0 saturated heterocycles. The molecule has 2 aromatic heterocycles. The SMILES string of the molecule is CCCn1cc(CNc2cnn(CCF)c2)c(C)n1. The zero-order chi connectivity index (χ0) is 13.7. The molecule has 2 heterocycles. The van der Waals surface area contributed by atoms with E-state index in [1.165, 1.54) is 5.56 Å². The van der Waals surface area contributed by atoms with Crippen LogP contribution in [-0.4, -0.2) is 26.2 Å². The summed E-state index contributed by atoms with van der Waals surface area (Å²) in [6.45, 7) is 5.69. The summed E-state index contributed by atoms with van der Waals surface area (Å²) in [6.07, 6.45) is 6.66. The maximum absolute atomic E-state index is 12.2. The minimum absolute atomic E-state index is 0.301. The summed E-state index contributed by atoms with van der Waals surface area (Å²) in [7, 11) is 0. The number of anilines is 1. The minimum Gasteiger partial charge on any atom is -0.378 e. The van der Waals surface area contributed by atoms with Crippen LogP contribution in [0.4, 0.5) is 10.1 Å². The van der Waals surface area contributed by atoms with Crippen molar-refractivity contribution in [1.29, 1.82) is 0 Å². The van der Waals surface area contributed by atoms with E-state index in [4.69, 9.17) is 0 Å². The molecular formula is C13H20FN5. The van der Waals surface area contributed by atoms with E-state index < -0.39 is 6.67 Å². The summed E-state index contributed by atoms with van der Waals surface area (Å²) in [5, 5.41) is 11.8. The van der Waals surface area contributed by atoms with Crippen LogP contribution >= 0.6 is 0 Å². The Morgan fingerprint density at radius 2 is 2.11 bits per heavy atom. The molecule has 0 radical (unpaired) electrons. The number of nitrogens with zero attached hydrogens (tertiary/aromatic N) is 4. The van der Waals surface area contributed by atoms with Crippen LogP contribution in [0.1, 0.15) is 24.6 Å². The monoisotopic (exact) mass is 265 g/mol. The van der Waals surface area contributed by atoms with E-state index in [0.29, 0.717) is 13.1 Å². The fourth-order valence-electron chi connectivity index (χ4n) is 1.94.